The Hall–Kier alpha value is -2.70. The summed E-state index contributed by atoms with van der Waals surface area (Å²) in [7, 11) is 3.51. The van der Waals surface area contributed by atoms with E-state index in [1.54, 1.807) is 25.9 Å². The molecule has 2 aromatic carbocycles. The lowest BCUT2D eigenvalue weighted by molar-refractivity contribution is -0.134. The maximum atomic E-state index is 12.3. The zero-order chi connectivity index (χ0) is 22.8. The summed E-state index contributed by atoms with van der Waals surface area (Å²) in [6.07, 6.45) is 2.06. The van der Waals surface area contributed by atoms with Crippen molar-refractivity contribution in [2.45, 2.75) is 37.8 Å². The molecule has 1 N–H and O–H groups in total. The number of hydrogen-bond acceptors (Lipinski definition) is 4. The predicted octanol–water partition coefficient (Wildman–Crippen LogP) is 2.83. The highest BCUT2D eigenvalue weighted by molar-refractivity contribution is 5.95. The molecule has 2 saturated heterocycles. The minimum absolute atomic E-state index is 0.0110. The van der Waals surface area contributed by atoms with Gasteiger partial charge in [-0.1, -0.05) is 36.4 Å². The Morgan fingerprint density at radius 3 is 2.41 bits per heavy atom. The normalized spacial score (nSPS) is 23.5. The third-order valence-electron chi connectivity index (χ3n) is 6.96. The van der Waals surface area contributed by atoms with Crippen LogP contribution in [0.4, 0.5) is 0 Å². The SMILES string of the molecule is CC(=O)N1CCCCN2[C@H](CO)[C@@H](c3ccc(-c4cccc(C(=O)N(C)C)c4)cc3)[C@H]2C1. The van der Waals surface area contributed by atoms with Crippen LogP contribution in [-0.2, 0) is 4.79 Å². The van der Waals surface area contributed by atoms with Crippen molar-refractivity contribution in [3.05, 3.63) is 59.7 Å². The Morgan fingerprint density at radius 2 is 1.75 bits per heavy atom. The molecule has 0 radical (unpaired) electrons. The highest BCUT2D eigenvalue weighted by atomic mass is 16.3. The number of rotatable bonds is 4. The van der Waals surface area contributed by atoms with Crippen LogP contribution in [0.15, 0.2) is 48.5 Å². The molecule has 170 valence electrons. The van der Waals surface area contributed by atoms with Gasteiger partial charge >= 0.3 is 0 Å². The van der Waals surface area contributed by atoms with Gasteiger partial charge in [0.2, 0.25) is 5.91 Å². The summed E-state index contributed by atoms with van der Waals surface area (Å²) in [6.45, 7) is 4.28. The molecule has 0 bridgehead atoms. The predicted molar refractivity (Wildman–Crippen MR) is 125 cm³/mol. The van der Waals surface area contributed by atoms with Crippen LogP contribution >= 0.6 is 0 Å². The summed E-state index contributed by atoms with van der Waals surface area (Å²) in [6, 6.07) is 16.5. The summed E-state index contributed by atoms with van der Waals surface area (Å²) >= 11 is 0. The molecule has 0 unspecified atom stereocenters. The lowest BCUT2D eigenvalue weighted by Crippen LogP contribution is -2.67. The second-order valence-electron chi connectivity index (χ2n) is 9.16. The summed E-state index contributed by atoms with van der Waals surface area (Å²) in [5.41, 5.74) is 3.93. The van der Waals surface area contributed by atoms with E-state index in [9.17, 15) is 14.7 Å². The van der Waals surface area contributed by atoms with Crippen LogP contribution in [0.5, 0.6) is 0 Å². The Balaban J connectivity index is 1.57. The molecule has 4 rings (SSSR count). The maximum absolute atomic E-state index is 12.3. The minimum Gasteiger partial charge on any atom is -0.395 e. The van der Waals surface area contributed by atoms with Gasteiger partial charge in [-0.25, -0.2) is 0 Å². The molecule has 2 amide bonds. The van der Waals surface area contributed by atoms with Crippen molar-refractivity contribution in [2.75, 3.05) is 40.3 Å². The third-order valence-corrected chi connectivity index (χ3v) is 6.96. The Kier molecular flexibility index (Phi) is 6.63. The molecule has 0 saturated carbocycles. The van der Waals surface area contributed by atoms with Crippen molar-refractivity contribution >= 4 is 11.8 Å². The van der Waals surface area contributed by atoms with Crippen molar-refractivity contribution < 1.29 is 14.7 Å². The van der Waals surface area contributed by atoms with Crippen LogP contribution in [0.3, 0.4) is 0 Å². The zero-order valence-corrected chi connectivity index (χ0v) is 19.2. The van der Waals surface area contributed by atoms with Crippen LogP contribution in [-0.4, -0.2) is 84.0 Å². The van der Waals surface area contributed by atoms with Crippen LogP contribution < -0.4 is 0 Å². The van der Waals surface area contributed by atoms with Crippen LogP contribution in [0.2, 0.25) is 0 Å². The van der Waals surface area contributed by atoms with E-state index in [4.69, 9.17) is 0 Å². The van der Waals surface area contributed by atoms with Crippen molar-refractivity contribution in [1.82, 2.24) is 14.7 Å². The molecule has 2 aliphatic rings. The number of fused-ring (bicyclic) bond motifs is 1. The first kappa shape index (κ1) is 22.5. The molecule has 32 heavy (non-hydrogen) atoms. The smallest absolute Gasteiger partial charge is 0.253 e. The van der Waals surface area contributed by atoms with Gasteiger partial charge in [0.1, 0.15) is 0 Å². The molecule has 6 nitrogen and oxygen atoms in total. The van der Waals surface area contributed by atoms with E-state index < -0.39 is 0 Å². The summed E-state index contributed by atoms with van der Waals surface area (Å²) in [5, 5.41) is 10.1. The number of hydrogen-bond donors (Lipinski definition) is 1. The molecule has 0 spiro atoms. The van der Waals surface area contributed by atoms with Gasteiger partial charge in [-0.05, 0) is 48.2 Å². The Bertz CT molecular complexity index is 973. The topological polar surface area (TPSA) is 64.1 Å². The number of amides is 2. The van der Waals surface area contributed by atoms with Crippen LogP contribution in [0.25, 0.3) is 11.1 Å². The summed E-state index contributed by atoms with van der Waals surface area (Å²) in [5.74, 6) is 0.319. The number of carbonyl (C=O) groups is 2. The molecule has 0 aliphatic carbocycles. The molecule has 6 heteroatoms. The van der Waals surface area contributed by atoms with Gasteiger partial charge in [0.15, 0.2) is 0 Å². The highest BCUT2D eigenvalue weighted by Gasteiger charge is 2.49. The number of nitrogens with zero attached hydrogens (tertiary/aromatic N) is 3. The monoisotopic (exact) mass is 435 g/mol. The molecular formula is C26H33N3O3. The minimum atomic E-state index is -0.0110. The van der Waals surface area contributed by atoms with E-state index in [-0.39, 0.29) is 36.4 Å². The molecule has 2 aromatic rings. The van der Waals surface area contributed by atoms with E-state index >= 15 is 0 Å². The molecule has 3 atom stereocenters. The number of carbonyl (C=O) groups excluding carboxylic acids is 2. The van der Waals surface area contributed by atoms with Gasteiger partial charge in [-0.15, -0.1) is 0 Å². The summed E-state index contributed by atoms with van der Waals surface area (Å²) in [4.78, 5) is 30.3. The fourth-order valence-electron chi connectivity index (χ4n) is 5.21. The van der Waals surface area contributed by atoms with Crippen LogP contribution in [0.1, 0.15) is 41.6 Å². The van der Waals surface area contributed by atoms with E-state index in [0.29, 0.717) is 12.1 Å². The highest BCUT2D eigenvalue weighted by Crippen LogP contribution is 2.42. The molecule has 2 fully saturated rings. The van der Waals surface area contributed by atoms with Gasteiger partial charge in [-0.3, -0.25) is 14.5 Å². The van der Waals surface area contributed by atoms with Crippen molar-refractivity contribution in [3.63, 3.8) is 0 Å². The fraction of sp³-hybridized carbons (Fsp3) is 0.462. The molecule has 0 aromatic heterocycles. The largest absolute Gasteiger partial charge is 0.395 e. The second-order valence-corrected chi connectivity index (χ2v) is 9.16. The zero-order valence-electron chi connectivity index (χ0n) is 19.2. The van der Waals surface area contributed by atoms with Crippen molar-refractivity contribution in [3.8, 4) is 11.1 Å². The van der Waals surface area contributed by atoms with E-state index in [0.717, 1.165) is 37.1 Å². The van der Waals surface area contributed by atoms with Gasteiger partial charge in [0.05, 0.1) is 6.61 Å². The second kappa shape index (κ2) is 9.43. The molecular weight excluding hydrogens is 402 g/mol. The molecule has 2 heterocycles. The Morgan fingerprint density at radius 1 is 1.03 bits per heavy atom. The van der Waals surface area contributed by atoms with Gasteiger partial charge < -0.3 is 14.9 Å². The van der Waals surface area contributed by atoms with E-state index in [1.807, 2.05) is 29.2 Å². The van der Waals surface area contributed by atoms with E-state index in [2.05, 4.69) is 29.2 Å². The van der Waals surface area contributed by atoms with Crippen LogP contribution in [0, 0.1) is 0 Å². The first-order chi connectivity index (χ1) is 15.4. The first-order valence-corrected chi connectivity index (χ1v) is 11.4. The quantitative estimate of drug-likeness (QED) is 0.802. The number of aliphatic hydroxyl groups excluding tert-OH is 1. The first-order valence-electron chi connectivity index (χ1n) is 11.4. The Labute approximate surface area is 190 Å². The standard InChI is InChI=1S/C26H33N3O3/c1-18(31)28-13-4-5-14-29-23(16-28)25(24(29)17-30)20-11-9-19(10-12-20)21-7-6-8-22(15-21)26(32)27(2)3/h6-12,15,23-25,30H,4-5,13-14,16-17H2,1-3H3/t23-,24-,25+/m1/s1. The van der Waals surface area contributed by atoms with Crippen molar-refractivity contribution in [1.29, 1.82) is 0 Å². The van der Waals surface area contributed by atoms with Crippen molar-refractivity contribution in [2.24, 2.45) is 0 Å². The summed E-state index contributed by atoms with van der Waals surface area (Å²) < 4.78 is 0. The number of aliphatic hydroxyl groups is 1. The average Bonchev–Trinajstić information content (AvgIpc) is 2.77. The average molecular weight is 436 g/mol. The van der Waals surface area contributed by atoms with Gasteiger partial charge in [0.25, 0.3) is 5.91 Å². The third kappa shape index (κ3) is 4.30. The lowest BCUT2D eigenvalue weighted by Gasteiger charge is -2.57. The molecule has 2 aliphatic heterocycles. The maximum Gasteiger partial charge on any atom is 0.253 e. The number of benzene rings is 2. The fourth-order valence-corrected chi connectivity index (χ4v) is 5.21. The van der Waals surface area contributed by atoms with Gasteiger partial charge in [-0.2, -0.15) is 0 Å². The van der Waals surface area contributed by atoms with Gasteiger partial charge in [0, 0.05) is 57.7 Å². The lowest BCUT2D eigenvalue weighted by atomic mass is 9.74. The van der Waals surface area contributed by atoms with E-state index in [1.165, 1.54) is 5.56 Å².